The van der Waals surface area contributed by atoms with Gasteiger partial charge in [-0.2, -0.15) is 0 Å². The summed E-state index contributed by atoms with van der Waals surface area (Å²) in [6, 6.07) is 11.0. The number of hydrogen-bond acceptors (Lipinski definition) is 2. The molecule has 0 unspecified atom stereocenters. The second-order valence-corrected chi connectivity index (χ2v) is 9.37. The van der Waals surface area contributed by atoms with Crippen molar-refractivity contribution in [2.24, 2.45) is 0 Å². The highest BCUT2D eigenvalue weighted by Crippen LogP contribution is 2.37. The van der Waals surface area contributed by atoms with Crippen LogP contribution in [0.1, 0.15) is 37.4 Å². The van der Waals surface area contributed by atoms with Gasteiger partial charge >= 0.3 is 0 Å². The van der Waals surface area contributed by atoms with Gasteiger partial charge in [0.1, 0.15) is 17.5 Å². The molecule has 0 aliphatic rings. The molecule has 0 aliphatic heterocycles. The molecule has 8 heteroatoms. The van der Waals surface area contributed by atoms with Crippen LogP contribution in [0.15, 0.2) is 65.6 Å². The lowest BCUT2D eigenvalue weighted by atomic mass is 9.97. The summed E-state index contributed by atoms with van der Waals surface area (Å²) in [5, 5.41) is 0.325. The van der Waals surface area contributed by atoms with Crippen molar-refractivity contribution in [2.75, 3.05) is 4.31 Å². The maximum Gasteiger partial charge on any atom is 0.264 e. The normalized spacial score (nSPS) is 12.6. The molecule has 0 amide bonds. The lowest BCUT2D eigenvalue weighted by Crippen LogP contribution is -2.35. The van der Waals surface area contributed by atoms with Crippen molar-refractivity contribution in [3.8, 4) is 0 Å². The Balaban J connectivity index is 2.25. The standard InChI is InChI=1S/C23H21ClF3NO2S/c1-3-4-16-5-8-18(25)13-21(16)15(2)28(23-14-19(26)9-12-22(23)27)31(29,30)20-10-6-17(24)7-11-20/h5-15H,3-4H2,1-2H3/t15-/m1/s1. The highest BCUT2D eigenvalue weighted by molar-refractivity contribution is 7.92. The maximum absolute atomic E-state index is 14.8. The molecule has 0 heterocycles. The van der Waals surface area contributed by atoms with E-state index >= 15 is 0 Å². The van der Waals surface area contributed by atoms with E-state index in [1.165, 1.54) is 43.3 Å². The van der Waals surface area contributed by atoms with E-state index in [1.54, 1.807) is 6.07 Å². The number of aryl methyl sites for hydroxylation is 1. The van der Waals surface area contributed by atoms with Crippen LogP contribution in [0.3, 0.4) is 0 Å². The van der Waals surface area contributed by atoms with Gasteiger partial charge in [0, 0.05) is 11.1 Å². The molecule has 0 fully saturated rings. The van der Waals surface area contributed by atoms with E-state index in [2.05, 4.69) is 0 Å². The van der Waals surface area contributed by atoms with Crippen LogP contribution in [-0.2, 0) is 16.4 Å². The highest BCUT2D eigenvalue weighted by Gasteiger charge is 2.33. The predicted molar refractivity (Wildman–Crippen MR) is 116 cm³/mol. The Morgan fingerprint density at radius 3 is 2.19 bits per heavy atom. The summed E-state index contributed by atoms with van der Waals surface area (Å²) in [5.41, 5.74) is 0.640. The van der Waals surface area contributed by atoms with Gasteiger partial charge in [-0.1, -0.05) is 31.0 Å². The first-order chi connectivity index (χ1) is 14.6. The van der Waals surface area contributed by atoms with Crippen LogP contribution in [0, 0.1) is 17.5 Å². The Morgan fingerprint density at radius 1 is 0.935 bits per heavy atom. The van der Waals surface area contributed by atoms with E-state index in [0.717, 1.165) is 34.5 Å². The van der Waals surface area contributed by atoms with Gasteiger partial charge in [-0.25, -0.2) is 21.6 Å². The van der Waals surface area contributed by atoms with Crippen LogP contribution in [-0.4, -0.2) is 8.42 Å². The Morgan fingerprint density at radius 2 is 1.55 bits per heavy atom. The Kier molecular flexibility index (Phi) is 6.96. The van der Waals surface area contributed by atoms with Crippen LogP contribution >= 0.6 is 11.6 Å². The van der Waals surface area contributed by atoms with Crippen molar-refractivity contribution in [3.63, 3.8) is 0 Å². The third-order valence-electron chi connectivity index (χ3n) is 4.95. The molecule has 3 aromatic carbocycles. The zero-order valence-electron chi connectivity index (χ0n) is 16.9. The van der Waals surface area contributed by atoms with E-state index in [9.17, 15) is 21.6 Å². The SMILES string of the molecule is CCCc1ccc(F)cc1[C@@H](C)N(c1cc(F)ccc1F)S(=O)(=O)c1ccc(Cl)cc1. The fraction of sp³-hybridized carbons (Fsp3) is 0.217. The van der Waals surface area contributed by atoms with Crippen LogP contribution in [0.5, 0.6) is 0 Å². The summed E-state index contributed by atoms with van der Waals surface area (Å²) in [6.07, 6.45) is 1.31. The number of anilines is 1. The molecule has 0 spiro atoms. The predicted octanol–water partition coefficient (Wildman–Crippen LogP) is 6.67. The molecule has 164 valence electrons. The van der Waals surface area contributed by atoms with Crippen molar-refractivity contribution < 1.29 is 21.6 Å². The summed E-state index contributed by atoms with van der Waals surface area (Å²) in [6.45, 7) is 3.46. The topological polar surface area (TPSA) is 37.4 Å². The molecule has 0 saturated carbocycles. The van der Waals surface area contributed by atoms with Crippen molar-refractivity contribution in [2.45, 2.75) is 37.6 Å². The van der Waals surface area contributed by atoms with E-state index in [-0.39, 0.29) is 4.90 Å². The average molecular weight is 468 g/mol. The number of nitrogens with zero attached hydrogens (tertiary/aromatic N) is 1. The molecule has 3 nitrogen and oxygen atoms in total. The second kappa shape index (κ2) is 9.32. The van der Waals surface area contributed by atoms with E-state index in [4.69, 9.17) is 11.6 Å². The molecular formula is C23H21ClF3NO2S. The van der Waals surface area contributed by atoms with E-state index in [1.807, 2.05) is 6.92 Å². The minimum atomic E-state index is -4.36. The van der Waals surface area contributed by atoms with Gasteiger partial charge in [0.25, 0.3) is 10.0 Å². The molecule has 0 aliphatic carbocycles. The number of benzene rings is 3. The molecule has 0 bridgehead atoms. The molecular weight excluding hydrogens is 447 g/mol. The summed E-state index contributed by atoms with van der Waals surface area (Å²) >= 11 is 5.88. The van der Waals surface area contributed by atoms with Crippen LogP contribution in [0.25, 0.3) is 0 Å². The summed E-state index contributed by atoms with van der Waals surface area (Å²) in [5.74, 6) is -2.27. The van der Waals surface area contributed by atoms with Crippen molar-refractivity contribution in [1.82, 2.24) is 0 Å². The fourth-order valence-electron chi connectivity index (χ4n) is 3.50. The zero-order valence-corrected chi connectivity index (χ0v) is 18.5. The monoisotopic (exact) mass is 467 g/mol. The van der Waals surface area contributed by atoms with Crippen LogP contribution < -0.4 is 4.31 Å². The molecule has 0 N–H and O–H groups in total. The minimum absolute atomic E-state index is 0.152. The molecule has 3 aromatic rings. The van der Waals surface area contributed by atoms with Crippen LogP contribution in [0.4, 0.5) is 18.9 Å². The first-order valence-corrected chi connectivity index (χ1v) is 11.5. The largest absolute Gasteiger partial charge is 0.264 e. The first kappa shape index (κ1) is 23.2. The maximum atomic E-state index is 14.8. The Labute approximate surface area is 185 Å². The zero-order chi connectivity index (χ0) is 22.8. The Hall–Kier alpha value is -2.51. The average Bonchev–Trinajstić information content (AvgIpc) is 2.72. The molecule has 3 rings (SSSR count). The number of rotatable bonds is 7. The third-order valence-corrected chi connectivity index (χ3v) is 7.10. The molecule has 0 aromatic heterocycles. The van der Waals surface area contributed by atoms with Gasteiger partial charge in [0.15, 0.2) is 0 Å². The highest BCUT2D eigenvalue weighted by atomic mass is 35.5. The molecule has 31 heavy (non-hydrogen) atoms. The van der Waals surface area contributed by atoms with Crippen molar-refractivity contribution in [1.29, 1.82) is 0 Å². The fourth-order valence-corrected chi connectivity index (χ4v) is 5.26. The lowest BCUT2D eigenvalue weighted by molar-refractivity contribution is 0.568. The lowest BCUT2D eigenvalue weighted by Gasteiger charge is -2.32. The van der Waals surface area contributed by atoms with Gasteiger partial charge in [-0.15, -0.1) is 0 Å². The van der Waals surface area contributed by atoms with E-state index < -0.39 is 39.2 Å². The van der Waals surface area contributed by atoms with Crippen LogP contribution in [0.2, 0.25) is 5.02 Å². The third kappa shape index (κ3) is 4.88. The van der Waals surface area contributed by atoms with Gasteiger partial charge in [0.05, 0.1) is 16.6 Å². The van der Waals surface area contributed by atoms with Gasteiger partial charge in [-0.3, -0.25) is 4.31 Å². The minimum Gasteiger partial charge on any atom is -0.256 e. The Bertz CT molecular complexity index is 1180. The quantitative estimate of drug-likeness (QED) is 0.389. The molecule has 1 atom stereocenters. The van der Waals surface area contributed by atoms with Gasteiger partial charge < -0.3 is 0 Å². The second-order valence-electron chi connectivity index (χ2n) is 7.12. The summed E-state index contributed by atoms with van der Waals surface area (Å²) < 4.78 is 70.8. The van der Waals surface area contributed by atoms with Gasteiger partial charge in [-0.05, 0) is 73.0 Å². The number of hydrogen-bond donors (Lipinski definition) is 0. The first-order valence-electron chi connectivity index (χ1n) is 9.68. The number of halogens is 4. The van der Waals surface area contributed by atoms with Crippen molar-refractivity contribution >= 4 is 27.3 Å². The van der Waals surface area contributed by atoms with Crippen molar-refractivity contribution in [3.05, 3.63) is 94.3 Å². The summed E-state index contributed by atoms with van der Waals surface area (Å²) in [7, 11) is -4.36. The molecule has 0 saturated heterocycles. The molecule has 0 radical (unpaired) electrons. The van der Waals surface area contributed by atoms with E-state index in [0.29, 0.717) is 17.0 Å². The smallest absolute Gasteiger partial charge is 0.256 e. The summed E-state index contributed by atoms with van der Waals surface area (Å²) in [4.78, 5) is -0.152. The van der Waals surface area contributed by atoms with Gasteiger partial charge in [0.2, 0.25) is 0 Å². The number of sulfonamides is 1.